The van der Waals surface area contributed by atoms with Crippen LogP contribution in [0.5, 0.6) is 5.75 Å². The molecule has 0 radical (unpaired) electrons. The van der Waals surface area contributed by atoms with Crippen LogP contribution in [0.1, 0.15) is 34.6 Å². The van der Waals surface area contributed by atoms with E-state index in [2.05, 4.69) is 20.6 Å². The van der Waals surface area contributed by atoms with Crippen LogP contribution in [0, 0.1) is 0 Å². The highest BCUT2D eigenvalue weighted by Gasteiger charge is 2.13. The summed E-state index contributed by atoms with van der Waals surface area (Å²) >= 11 is 0. The zero-order valence-corrected chi connectivity index (χ0v) is 15.3. The fraction of sp³-hybridized carbons (Fsp3) is 0.190. The van der Waals surface area contributed by atoms with Gasteiger partial charge in [0, 0.05) is 12.7 Å². The van der Waals surface area contributed by atoms with E-state index in [4.69, 9.17) is 4.74 Å². The van der Waals surface area contributed by atoms with Crippen LogP contribution in [0.2, 0.25) is 0 Å². The number of nitrogens with zero attached hydrogens (tertiary/aromatic N) is 2. The Morgan fingerprint density at radius 3 is 2.52 bits per heavy atom. The maximum absolute atomic E-state index is 12.5. The van der Waals surface area contributed by atoms with Gasteiger partial charge in [-0.05, 0) is 36.2 Å². The summed E-state index contributed by atoms with van der Waals surface area (Å²) in [6.45, 7) is 2.49. The Kier molecular flexibility index (Phi) is 5.99. The van der Waals surface area contributed by atoms with Crippen molar-refractivity contribution in [1.29, 1.82) is 0 Å². The number of ether oxygens (including phenoxy) is 1. The fourth-order valence-corrected chi connectivity index (χ4v) is 2.59. The van der Waals surface area contributed by atoms with Crippen molar-refractivity contribution < 1.29 is 9.53 Å². The molecule has 27 heavy (non-hydrogen) atoms. The van der Waals surface area contributed by atoms with Gasteiger partial charge in [0.2, 0.25) is 5.95 Å². The van der Waals surface area contributed by atoms with Gasteiger partial charge < -0.3 is 15.4 Å². The van der Waals surface area contributed by atoms with E-state index in [0.29, 0.717) is 18.2 Å². The Bertz CT molecular complexity index is 882. The molecule has 6 nitrogen and oxygen atoms in total. The lowest BCUT2D eigenvalue weighted by molar-refractivity contribution is 0.0935. The number of hydrogen-bond donors (Lipinski definition) is 2. The minimum atomic E-state index is -0.235. The number of benzene rings is 2. The Morgan fingerprint density at radius 2 is 1.81 bits per heavy atom. The van der Waals surface area contributed by atoms with E-state index in [1.807, 2.05) is 61.5 Å². The number of aromatic nitrogens is 2. The van der Waals surface area contributed by atoms with Gasteiger partial charge in [-0.2, -0.15) is 0 Å². The van der Waals surface area contributed by atoms with Gasteiger partial charge in [-0.3, -0.25) is 4.79 Å². The molecule has 1 amide bonds. The lowest BCUT2D eigenvalue weighted by atomic mass is 10.1. The number of rotatable bonds is 7. The molecule has 0 saturated carbocycles. The minimum absolute atomic E-state index is 0.107. The molecule has 3 aromatic rings. The summed E-state index contributed by atoms with van der Waals surface area (Å²) in [5, 5.41) is 6.09. The van der Waals surface area contributed by atoms with Gasteiger partial charge in [-0.15, -0.1) is 0 Å². The molecule has 0 aliphatic carbocycles. The highest BCUT2D eigenvalue weighted by atomic mass is 16.5. The highest BCUT2D eigenvalue weighted by molar-refractivity contribution is 5.92. The van der Waals surface area contributed by atoms with Crippen molar-refractivity contribution >= 4 is 11.9 Å². The van der Waals surface area contributed by atoms with Crippen molar-refractivity contribution in [3.8, 4) is 5.75 Å². The second-order valence-electron chi connectivity index (χ2n) is 6.07. The number of anilines is 1. The summed E-state index contributed by atoms with van der Waals surface area (Å²) < 4.78 is 5.15. The zero-order valence-electron chi connectivity index (χ0n) is 15.3. The molecule has 6 heteroatoms. The molecule has 0 spiro atoms. The van der Waals surface area contributed by atoms with E-state index in [0.717, 1.165) is 16.9 Å². The summed E-state index contributed by atoms with van der Waals surface area (Å²) in [7, 11) is 1.64. The van der Waals surface area contributed by atoms with Crippen LogP contribution < -0.4 is 15.4 Å². The Labute approximate surface area is 158 Å². The average Bonchev–Trinajstić information content (AvgIpc) is 2.73. The molecule has 1 unspecified atom stereocenters. The highest BCUT2D eigenvalue weighted by Crippen LogP contribution is 2.14. The van der Waals surface area contributed by atoms with Crippen LogP contribution in [-0.2, 0) is 6.54 Å². The van der Waals surface area contributed by atoms with Crippen molar-refractivity contribution in [3.05, 3.63) is 83.7 Å². The van der Waals surface area contributed by atoms with Crippen molar-refractivity contribution in [2.45, 2.75) is 19.5 Å². The molecule has 1 aromatic heterocycles. The first-order chi connectivity index (χ1) is 13.2. The van der Waals surface area contributed by atoms with Crippen LogP contribution in [-0.4, -0.2) is 23.0 Å². The fourth-order valence-electron chi connectivity index (χ4n) is 2.59. The van der Waals surface area contributed by atoms with E-state index in [-0.39, 0.29) is 11.9 Å². The zero-order chi connectivity index (χ0) is 19.1. The lowest BCUT2D eigenvalue weighted by Crippen LogP contribution is -2.27. The van der Waals surface area contributed by atoms with Crippen LogP contribution in [0.15, 0.2) is 66.9 Å². The van der Waals surface area contributed by atoms with Crippen LogP contribution in [0.3, 0.4) is 0 Å². The molecule has 2 aromatic carbocycles. The van der Waals surface area contributed by atoms with Crippen molar-refractivity contribution in [1.82, 2.24) is 15.3 Å². The molecule has 0 fully saturated rings. The smallest absolute Gasteiger partial charge is 0.270 e. The van der Waals surface area contributed by atoms with E-state index in [9.17, 15) is 4.79 Å². The van der Waals surface area contributed by atoms with E-state index in [1.54, 1.807) is 19.4 Å². The molecule has 138 valence electrons. The summed E-state index contributed by atoms with van der Waals surface area (Å²) in [6.07, 6.45) is 1.57. The van der Waals surface area contributed by atoms with Crippen LogP contribution in [0.4, 0.5) is 5.95 Å². The molecule has 1 atom stereocenters. The largest absolute Gasteiger partial charge is 0.497 e. The number of carbonyl (C=O) groups excluding carboxylic acids is 1. The summed E-state index contributed by atoms with van der Waals surface area (Å²) in [5.74, 6) is 0.980. The van der Waals surface area contributed by atoms with Gasteiger partial charge in [-0.25, -0.2) is 9.97 Å². The monoisotopic (exact) mass is 362 g/mol. The molecular formula is C21H22N4O2. The van der Waals surface area contributed by atoms with Gasteiger partial charge in [-0.1, -0.05) is 42.5 Å². The standard InChI is InChI=1S/C21H22N4O2/c1-15(17-6-4-3-5-7-17)24-20(26)19-12-13-22-21(25-19)23-14-16-8-10-18(27-2)11-9-16/h3-13,15H,14H2,1-2H3,(H,24,26)(H,22,23,25). The SMILES string of the molecule is COc1ccc(CNc2nccc(C(=O)NC(C)c3ccccc3)n2)cc1. The molecule has 0 aliphatic rings. The topological polar surface area (TPSA) is 76.1 Å². The molecule has 0 aliphatic heterocycles. The summed E-state index contributed by atoms with van der Waals surface area (Å²) in [5.41, 5.74) is 2.43. The Morgan fingerprint density at radius 1 is 1.07 bits per heavy atom. The second kappa shape index (κ2) is 8.80. The van der Waals surface area contributed by atoms with Crippen LogP contribution >= 0.6 is 0 Å². The Balaban J connectivity index is 1.61. The van der Waals surface area contributed by atoms with Gasteiger partial charge in [0.25, 0.3) is 5.91 Å². The van der Waals surface area contributed by atoms with Gasteiger partial charge in [0.1, 0.15) is 11.4 Å². The Hall–Kier alpha value is -3.41. The molecule has 0 bridgehead atoms. The first-order valence-corrected chi connectivity index (χ1v) is 8.71. The van der Waals surface area contributed by atoms with E-state index < -0.39 is 0 Å². The van der Waals surface area contributed by atoms with E-state index >= 15 is 0 Å². The minimum Gasteiger partial charge on any atom is -0.497 e. The maximum Gasteiger partial charge on any atom is 0.270 e. The second-order valence-corrected chi connectivity index (χ2v) is 6.07. The van der Waals surface area contributed by atoms with Crippen molar-refractivity contribution in [3.63, 3.8) is 0 Å². The van der Waals surface area contributed by atoms with Crippen LogP contribution in [0.25, 0.3) is 0 Å². The number of carbonyl (C=O) groups is 1. The molecular weight excluding hydrogens is 340 g/mol. The number of methoxy groups -OCH3 is 1. The summed E-state index contributed by atoms with van der Waals surface area (Å²) in [6, 6.07) is 19.0. The molecule has 1 heterocycles. The number of amides is 1. The average molecular weight is 362 g/mol. The summed E-state index contributed by atoms with van der Waals surface area (Å²) in [4.78, 5) is 21.0. The van der Waals surface area contributed by atoms with Crippen molar-refractivity contribution in [2.24, 2.45) is 0 Å². The van der Waals surface area contributed by atoms with Gasteiger partial charge >= 0.3 is 0 Å². The lowest BCUT2D eigenvalue weighted by Gasteiger charge is -2.14. The molecule has 0 saturated heterocycles. The first kappa shape index (κ1) is 18.4. The quantitative estimate of drug-likeness (QED) is 0.672. The van der Waals surface area contributed by atoms with Gasteiger partial charge in [0.05, 0.1) is 13.2 Å². The third-order valence-corrected chi connectivity index (χ3v) is 4.15. The first-order valence-electron chi connectivity index (χ1n) is 8.71. The third-order valence-electron chi connectivity index (χ3n) is 4.15. The predicted octanol–water partition coefficient (Wildman–Crippen LogP) is 3.59. The number of nitrogens with one attached hydrogen (secondary N) is 2. The molecule has 3 rings (SSSR count). The van der Waals surface area contributed by atoms with Crippen molar-refractivity contribution in [2.75, 3.05) is 12.4 Å². The van der Waals surface area contributed by atoms with Gasteiger partial charge in [0.15, 0.2) is 0 Å². The normalized spacial score (nSPS) is 11.5. The maximum atomic E-state index is 12.5. The number of hydrogen-bond acceptors (Lipinski definition) is 5. The third kappa shape index (κ3) is 5.04. The van der Waals surface area contributed by atoms with E-state index in [1.165, 1.54) is 0 Å². The molecule has 2 N–H and O–H groups in total. The predicted molar refractivity (Wildman–Crippen MR) is 105 cm³/mol.